The number of hydrogen-bond donors (Lipinski definition) is 0. The van der Waals surface area contributed by atoms with Gasteiger partial charge in [0.2, 0.25) is 0 Å². The molecule has 3 heteroatoms. The van der Waals surface area contributed by atoms with E-state index in [1.807, 2.05) is 0 Å². The Labute approximate surface area is 339 Å². The van der Waals surface area contributed by atoms with Crippen molar-refractivity contribution in [3.05, 3.63) is 224 Å². The van der Waals surface area contributed by atoms with Gasteiger partial charge in [0, 0.05) is 43.7 Å². The van der Waals surface area contributed by atoms with Crippen molar-refractivity contribution in [1.29, 1.82) is 0 Å². The fourth-order valence-corrected chi connectivity index (χ4v) is 11.4. The van der Waals surface area contributed by atoms with Gasteiger partial charge in [0.15, 0.2) is 0 Å². The van der Waals surface area contributed by atoms with Gasteiger partial charge in [-0.05, 0) is 71.3 Å². The molecular weight excluding hydrogens is 720 g/mol. The van der Waals surface area contributed by atoms with E-state index in [-0.39, 0.29) is 0 Å². The lowest BCUT2D eigenvalue weighted by Gasteiger charge is -2.16. The molecule has 0 aliphatic rings. The highest BCUT2D eigenvalue weighted by Gasteiger charge is 2.25. The number of rotatable bonds is 7. The molecule has 272 valence electrons. The fraction of sp³-hybridized carbons (Fsp3) is 0. The monoisotopic (exact) mass is 757 g/mol. The Morgan fingerprint density at radius 3 is 1.53 bits per heavy atom. The van der Waals surface area contributed by atoms with E-state index >= 15 is 0 Å². The standard InChI is InChI=1S/C55H37N2P/c1-5-16-41(17-6-1)53-50-37-36-48-47-24-13-14-27-51(47)57(42-18-7-2-8-19-42)55(48)52(50)49-26-15-25-46(54(49)56-53)40-30-28-38(29-31-40)39-32-34-45(35-33-39)58(43-20-9-3-10-21-43)44-22-11-4-12-23-44/h1-37H/p+1. The molecule has 11 rings (SSSR count). The van der Waals surface area contributed by atoms with Gasteiger partial charge in [-0.3, -0.25) is 0 Å². The lowest BCUT2D eigenvalue weighted by molar-refractivity contribution is 1.19. The largest absolute Gasteiger partial charge is 0.309 e. The van der Waals surface area contributed by atoms with Crippen LogP contribution in [0.3, 0.4) is 0 Å². The molecule has 58 heavy (non-hydrogen) atoms. The first kappa shape index (κ1) is 34.2. The smallest absolute Gasteiger partial charge is 0.102 e. The molecule has 0 radical (unpaired) electrons. The summed E-state index contributed by atoms with van der Waals surface area (Å²) in [4.78, 5) is 5.56. The van der Waals surface area contributed by atoms with Crippen LogP contribution in [-0.2, 0) is 0 Å². The molecule has 9 aromatic carbocycles. The van der Waals surface area contributed by atoms with Gasteiger partial charge in [0.25, 0.3) is 0 Å². The zero-order valence-corrected chi connectivity index (χ0v) is 32.8. The molecule has 0 aliphatic heterocycles. The number of hydrogen-bond acceptors (Lipinski definition) is 1. The SMILES string of the molecule is c1ccc(-c2nc3c(-c4ccc(-c5ccc([PH+](c6ccccc6)c6ccccc6)cc5)cc4)cccc3c3c2ccc2c4ccccc4n(-c4ccccc4)c23)cc1. The molecule has 0 amide bonds. The number of para-hydroxylation sites is 3. The van der Waals surface area contributed by atoms with Crippen molar-refractivity contribution in [3.63, 3.8) is 0 Å². The average molecular weight is 758 g/mol. The predicted molar refractivity (Wildman–Crippen MR) is 250 cm³/mol. The Morgan fingerprint density at radius 2 is 0.862 bits per heavy atom. The average Bonchev–Trinajstić information content (AvgIpc) is 3.65. The van der Waals surface area contributed by atoms with Crippen LogP contribution in [0.5, 0.6) is 0 Å². The summed E-state index contributed by atoms with van der Waals surface area (Å²) in [6.07, 6.45) is 0. The minimum Gasteiger partial charge on any atom is -0.309 e. The molecule has 0 unspecified atom stereocenters. The third-order valence-corrected chi connectivity index (χ3v) is 14.2. The summed E-state index contributed by atoms with van der Waals surface area (Å²) in [5, 5.41) is 10.2. The van der Waals surface area contributed by atoms with Crippen molar-refractivity contribution in [2.24, 2.45) is 0 Å². The normalized spacial score (nSPS) is 11.6. The first-order valence-corrected chi connectivity index (χ1v) is 21.4. The van der Waals surface area contributed by atoms with Crippen LogP contribution in [0, 0.1) is 0 Å². The highest BCUT2D eigenvalue weighted by atomic mass is 31.1. The summed E-state index contributed by atoms with van der Waals surface area (Å²) >= 11 is 0. The van der Waals surface area contributed by atoms with E-state index in [2.05, 4.69) is 229 Å². The molecule has 0 saturated carbocycles. The second kappa shape index (κ2) is 14.4. The predicted octanol–water partition coefficient (Wildman–Crippen LogP) is 13.0. The van der Waals surface area contributed by atoms with Crippen LogP contribution >= 0.6 is 7.92 Å². The summed E-state index contributed by atoms with van der Waals surface area (Å²) in [6, 6.07) is 81.6. The van der Waals surface area contributed by atoms with Gasteiger partial charge in [-0.2, -0.15) is 0 Å². The second-order valence-corrected chi connectivity index (χ2v) is 17.3. The summed E-state index contributed by atoms with van der Waals surface area (Å²) in [6.45, 7) is 0. The Morgan fingerprint density at radius 1 is 0.345 bits per heavy atom. The summed E-state index contributed by atoms with van der Waals surface area (Å²) in [5.74, 6) is 0. The molecule has 11 aromatic rings. The molecule has 0 spiro atoms. The van der Waals surface area contributed by atoms with Gasteiger partial charge in [0.1, 0.15) is 15.9 Å². The molecule has 0 N–H and O–H groups in total. The maximum absolute atomic E-state index is 5.56. The molecule has 0 fully saturated rings. The maximum atomic E-state index is 5.56. The van der Waals surface area contributed by atoms with Crippen LogP contribution in [0.2, 0.25) is 0 Å². The van der Waals surface area contributed by atoms with Crippen molar-refractivity contribution >= 4 is 67.3 Å². The topological polar surface area (TPSA) is 17.8 Å². The van der Waals surface area contributed by atoms with Crippen molar-refractivity contribution in [2.75, 3.05) is 0 Å². The number of nitrogens with zero attached hydrogens (tertiary/aromatic N) is 2. The van der Waals surface area contributed by atoms with E-state index in [0.717, 1.165) is 44.4 Å². The van der Waals surface area contributed by atoms with Crippen LogP contribution in [0.1, 0.15) is 0 Å². The molecule has 2 heterocycles. The first-order chi connectivity index (χ1) is 28.8. The number of fused-ring (bicyclic) bond motifs is 7. The molecule has 2 nitrogen and oxygen atoms in total. The number of aromatic nitrogens is 2. The Hall–Kier alpha value is -7.12. The zero-order valence-electron chi connectivity index (χ0n) is 31.8. The third-order valence-electron chi connectivity index (χ3n) is 11.5. The molecule has 0 aliphatic carbocycles. The van der Waals surface area contributed by atoms with Crippen LogP contribution in [0.15, 0.2) is 224 Å². The molecular formula is C55H38N2P+. The zero-order chi connectivity index (χ0) is 38.4. The quantitative estimate of drug-likeness (QED) is 0.117. The highest BCUT2D eigenvalue weighted by molar-refractivity contribution is 7.79. The molecule has 0 atom stereocenters. The van der Waals surface area contributed by atoms with Crippen molar-refractivity contribution in [1.82, 2.24) is 9.55 Å². The fourth-order valence-electron chi connectivity index (χ4n) is 8.84. The summed E-state index contributed by atoms with van der Waals surface area (Å²) in [5.41, 5.74) is 11.3. The molecule has 0 bridgehead atoms. The van der Waals surface area contributed by atoms with Gasteiger partial charge in [0.05, 0.1) is 30.2 Å². The lowest BCUT2D eigenvalue weighted by Crippen LogP contribution is -2.20. The van der Waals surface area contributed by atoms with Crippen LogP contribution in [0.4, 0.5) is 0 Å². The number of pyridine rings is 1. The first-order valence-electron chi connectivity index (χ1n) is 19.9. The summed E-state index contributed by atoms with van der Waals surface area (Å²) < 4.78 is 2.44. The Balaban J connectivity index is 1.07. The van der Waals surface area contributed by atoms with Crippen molar-refractivity contribution in [3.8, 4) is 39.2 Å². The van der Waals surface area contributed by atoms with Crippen LogP contribution in [-0.4, -0.2) is 9.55 Å². The van der Waals surface area contributed by atoms with Crippen LogP contribution < -0.4 is 15.9 Å². The van der Waals surface area contributed by atoms with E-state index < -0.39 is 7.92 Å². The molecule has 0 saturated heterocycles. The van der Waals surface area contributed by atoms with E-state index in [9.17, 15) is 0 Å². The molecule has 2 aromatic heterocycles. The maximum Gasteiger partial charge on any atom is 0.102 e. The van der Waals surface area contributed by atoms with E-state index in [1.54, 1.807) is 0 Å². The lowest BCUT2D eigenvalue weighted by atomic mass is 9.93. The summed E-state index contributed by atoms with van der Waals surface area (Å²) in [7, 11) is -1.13. The minimum atomic E-state index is -1.13. The second-order valence-electron chi connectivity index (χ2n) is 14.9. The minimum absolute atomic E-state index is 0.992. The number of benzene rings is 9. The van der Waals surface area contributed by atoms with E-state index in [1.165, 1.54) is 54.2 Å². The van der Waals surface area contributed by atoms with Gasteiger partial charge >= 0.3 is 0 Å². The van der Waals surface area contributed by atoms with Gasteiger partial charge < -0.3 is 4.57 Å². The van der Waals surface area contributed by atoms with Gasteiger partial charge in [-0.25, -0.2) is 4.98 Å². The van der Waals surface area contributed by atoms with E-state index in [4.69, 9.17) is 4.98 Å². The highest BCUT2D eigenvalue weighted by Crippen LogP contribution is 2.44. The van der Waals surface area contributed by atoms with Gasteiger partial charge in [-0.1, -0.05) is 170 Å². The Bertz CT molecular complexity index is 3190. The van der Waals surface area contributed by atoms with Gasteiger partial charge in [-0.15, -0.1) is 0 Å². The van der Waals surface area contributed by atoms with E-state index in [0.29, 0.717) is 0 Å². The van der Waals surface area contributed by atoms with Crippen molar-refractivity contribution in [2.45, 2.75) is 0 Å². The Kier molecular flexibility index (Phi) is 8.50. The third kappa shape index (κ3) is 5.81. The van der Waals surface area contributed by atoms with Crippen LogP contribution in [0.25, 0.3) is 82.7 Å². The van der Waals surface area contributed by atoms with Crippen molar-refractivity contribution < 1.29 is 0 Å².